The topological polar surface area (TPSA) is 84.6 Å². The molecule has 1 aliphatic heterocycles. The van der Waals surface area contributed by atoms with Gasteiger partial charge in [-0.25, -0.2) is 9.59 Å². The monoisotopic (exact) mass is 311 g/mol. The molecule has 1 N–H and O–H groups in total. The Morgan fingerprint density at radius 1 is 1.48 bits per heavy atom. The van der Waals surface area contributed by atoms with Crippen molar-refractivity contribution in [1.82, 2.24) is 9.80 Å². The van der Waals surface area contributed by atoms with Gasteiger partial charge in [-0.15, -0.1) is 11.8 Å². The molecular weight excluding hydrogens is 290 g/mol. The molecular formula is C14H21N3O3S. The van der Waals surface area contributed by atoms with Gasteiger partial charge in [-0.1, -0.05) is 13.3 Å². The highest BCUT2D eigenvalue weighted by molar-refractivity contribution is 8.00. The van der Waals surface area contributed by atoms with Crippen molar-refractivity contribution in [3.8, 4) is 6.07 Å². The van der Waals surface area contributed by atoms with Gasteiger partial charge in [0, 0.05) is 18.3 Å². The van der Waals surface area contributed by atoms with Gasteiger partial charge in [0.25, 0.3) is 0 Å². The summed E-state index contributed by atoms with van der Waals surface area (Å²) >= 11 is 1.55. The number of urea groups is 1. The number of nitrogens with zero attached hydrogens (tertiary/aromatic N) is 3. The molecule has 7 heteroatoms. The van der Waals surface area contributed by atoms with Crippen LogP contribution in [0.3, 0.4) is 0 Å². The summed E-state index contributed by atoms with van der Waals surface area (Å²) in [5.41, 5.74) is 0. The second-order valence-electron chi connectivity index (χ2n) is 5.45. The Bertz CT molecular complexity index is 447. The van der Waals surface area contributed by atoms with Crippen molar-refractivity contribution in [3.63, 3.8) is 0 Å². The number of carboxylic acid groups (broad SMARTS) is 1. The molecule has 2 aliphatic rings. The molecule has 0 radical (unpaired) electrons. The van der Waals surface area contributed by atoms with Crippen molar-refractivity contribution in [3.05, 3.63) is 0 Å². The van der Waals surface area contributed by atoms with Gasteiger partial charge in [-0.05, 0) is 19.3 Å². The predicted octanol–water partition coefficient (Wildman–Crippen LogP) is 2.11. The lowest BCUT2D eigenvalue weighted by Gasteiger charge is -2.33. The number of carboxylic acids is 1. The fourth-order valence-electron chi connectivity index (χ4n) is 2.62. The van der Waals surface area contributed by atoms with Gasteiger partial charge in [-0.2, -0.15) is 5.26 Å². The van der Waals surface area contributed by atoms with Crippen LogP contribution in [-0.2, 0) is 4.79 Å². The van der Waals surface area contributed by atoms with E-state index < -0.39 is 12.0 Å². The lowest BCUT2D eigenvalue weighted by Crippen LogP contribution is -2.52. The van der Waals surface area contributed by atoms with E-state index >= 15 is 0 Å². The fourth-order valence-corrected chi connectivity index (χ4v) is 4.13. The maximum atomic E-state index is 12.8. The van der Waals surface area contributed by atoms with Gasteiger partial charge in [-0.3, -0.25) is 4.90 Å². The van der Waals surface area contributed by atoms with Gasteiger partial charge in [0.1, 0.15) is 6.04 Å². The number of carbonyl (C=O) groups excluding carboxylic acids is 1. The molecule has 0 spiro atoms. The Morgan fingerprint density at radius 3 is 2.71 bits per heavy atom. The Hall–Kier alpha value is -1.42. The van der Waals surface area contributed by atoms with Crippen LogP contribution in [0.15, 0.2) is 0 Å². The van der Waals surface area contributed by atoms with E-state index in [1.165, 1.54) is 4.90 Å². The first-order chi connectivity index (χ1) is 10.1. The summed E-state index contributed by atoms with van der Waals surface area (Å²) in [6.45, 7) is 2.43. The summed E-state index contributed by atoms with van der Waals surface area (Å²) in [7, 11) is 0. The second kappa shape index (κ2) is 7.03. The smallest absolute Gasteiger partial charge is 0.327 e. The van der Waals surface area contributed by atoms with E-state index in [9.17, 15) is 14.7 Å². The van der Waals surface area contributed by atoms with Crippen LogP contribution in [0, 0.1) is 11.3 Å². The highest BCUT2D eigenvalue weighted by atomic mass is 32.2. The number of thioether (sulfide) groups is 1. The van der Waals surface area contributed by atoms with E-state index in [0.717, 1.165) is 25.7 Å². The van der Waals surface area contributed by atoms with E-state index in [1.54, 1.807) is 16.7 Å². The molecule has 21 heavy (non-hydrogen) atoms. The molecule has 2 fully saturated rings. The number of carbonyl (C=O) groups is 2. The molecule has 2 rings (SSSR count). The molecule has 2 unspecified atom stereocenters. The zero-order valence-corrected chi connectivity index (χ0v) is 13.0. The van der Waals surface area contributed by atoms with Crippen molar-refractivity contribution in [1.29, 1.82) is 5.26 Å². The van der Waals surface area contributed by atoms with Crippen LogP contribution in [-0.4, -0.2) is 56.7 Å². The number of aliphatic carboxylic acids is 1. The fraction of sp³-hybridized carbons (Fsp3) is 0.786. The standard InChI is InChI=1S/C14H21N3O3S/c1-2-4-12-17(11(9-21-12)13(18)19)14(20)16(8-3-7-15)10-5-6-10/h10-12H,2-6,8-9H2,1H3,(H,18,19). The first-order valence-corrected chi connectivity index (χ1v) is 8.45. The molecule has 0 aromatic carbocycles. The zero-order chi connectivity index (χ0) is 15.4. The Labute approximate surface area is 129 Å². The normalized spacial score (nSPS) is 24.7. The average molecular weight is 311 g/mol. The van der Waals surface area contributed by atoms with E-state index in [4.69, 9.17) is 5.26 Å². The molecule has 1 saturated heterocycles. The maximum Gasteiger partial charge on any atom is 0.327 e. The molecule has 1 saturated carbocycles. The molecule has 0 bridgehead atoms. The predicted molar refractivity (Wildman–Crippen MR) is 79.8 cm³/mol. The number of amides is 2. The van der Waals surface area contributed by atoms with Crippen LogP contribution in [0.25, 0.3) is 0 Å². The van der Waals surface area contributed by atoms with Gasteiger partial charge in [0.2, 0.25) is 0 Å². The van der Waals surface area contributed by atoms with Crippen LogP contribution in [0.4, 0.5) is 4.79 Å². The number of hydrogen-bond acceptors (Lipinski definition) is 4. The van der Waals surface area contributed by atoms with Crippen LogP contribution >= 0.6 is 11.8 Å². The summed E-state index contributed by atoms with van der Waals surface area (Å²) < 4.78 is 0. The highest BCUT2D eigenvalue weighted by Crippen LogP contribution is 2.36. The first kappa shape index (κ1) is 16.0. The minimum Gasteiger partial charge on any atom is -0.480 e. The molecule has 1 heterocycles. The van der Waals surface area contributed by atoms with Gasteiger partial charge < -0.3 is 10.0 Å². The summed E-state index contributed by atoms with van der Waals surface area (Å²) in [6, 6.07) is 1.30. The maximum absolute atomic E-state index is 12.8. The Kier molecular flexibility index (Phi) is 5.34. The summed E-state index contributed by atoms with van der Waals surface area (Å²) in [5.74, 6) is -0.492. The van der Waals surface area contributed by atoms with Gasteiger partial charge >= 0.3 is 12.0 Å². The quantitative estimate of drug-likeness (QED) is 0.812. The molecule has 0 aromatic heterocycles. The minimum absolute atomic E-state index is 0.0630. The Morgan fingerprint density at radius 2 is 2.19 bits per heavy atom. The van der Waals surface area contributed by atoms with Crippen LogP contribution in [0.5, 0.6) is 0 Å². The van der Waals surface area contributed by atoms with Crippen molar-refractivity contribution in [2.24, 2.45) is 0 Å². The van der Waals surface area contributed by atoms with E-state index in [0.29, 0.717) is 18.7 Å². The molecule has 2 atom stereocenters. The Balaban J connectivity index is 2.14. The molecule has 6 nitrogen and oxygen atoms in total. The first-order valence-electron chi connectivity index (χ1n) is 7.40. The summed E-state index contributed by atoms with van der Waals surface area (Å²) in [5, 5.41) is 18.0. The summed E-state index contributed by atoms with van der Waals surface area (Å²) in [4.78, 5) is 27.4. The van der Waals surface area contributed by atoms with Crippen LogP contribution < -0.4 is 0 Å². The molecule has 1 aliphatic carbocycles. The molecule has 116 valence electrons. The lowest BCUT2D eigenvalue weighted by molar-refractivity contribution is -0.141. The van der Waals surface area contributed by atoms with E-state index in [-0.39, 0.29) is 17.4 Å². The average Bonchev–Trinajstić information content (AvgIpc) is 3.19. The molecule has 0 aromatic rings. The second-order valence-corrected chi connectivity index (χ2v) is 6.66. The van der Waals surface area contributed by atoms with Crippen molar-refractivity contribution in [2.75, 3.05) is 12.3 Å². The number of rotatable bonds is 6. The third kappa shape index (κ3) is 3.62. The number of nitriles is 1. The number of hydrogen-bond donors (Lipinski definition) is 1. The SMILES string of the molecule is CCCC1SCC(C(=O)O)N1C(=O)N(CCC#N)C1CC1. The third-order valence-corrected chi connectivity index (χ3v) is 5.19. The van der Waals surface area contributed by atoms with Crippen LogP contribution in [0.1, 0.15) is 39.0 Å². The minimum atomic E-state index is -0.939. The van der Waals surface area contributed by atoms with Gasteiger partial charge in [0.15, 0.2) is 0 Å². The van der Waals surface area contributed by atoms with Crippen LogP contribution in [0.2, 0.25) is 0 Å². The summed E-state index contributed by atoms with van der Waals surface area (Å²) in [6.07, 6.45) is 3.91. The molecule has 2 amide bonds. The zero-order valence-electron chi connectivity index (χ0n) is 12.2. The highest BCUT2D eigenvalue weighted by Gasteiger charge is 2.45. The third-order valence-electron chi connectivity index (χ3n) is 3.83. The lowest BCUT2D eigenvalue weighted by atomic mass is 10.2. The van der Waals surface area contributed by atoms with Gasteiger partial charge in [0.05, 0.1) is 17.9 Å². The van der Waals surface area contributed by atoms with Crippen molar-refractivity contribution >= 4 is 23.8 Å². The van der Waals surface area contributed by atoms with E-state index in [2.05, 4.69) is 6.07 Å². The van der Waals surface area contributed by atoms with Crippen molar-refractivity contribution in [2.45, 2.75) is 56.5 Å². The van der Waals surface area contributed by atoms with Crippen molar-refractivity contribution < 1.29 is 14.7 Å². The largest absolute Gasteiger partial charge is 0.480 e. The van der Waals surface area contributed by atoms with E-state index in [1.807, 2.05) is 6.92 Å².